The molecule has 0 radical (unpaired) electrons. The first-order valence-electron chi connectivity index (χ1n) is 13.2. The molecule has 3 rings (SSSR count). The number of hydrogen-bond donors (Lipinski definition) is 1. The summed E-state index contributed by atoms with van der Waals surface area (Å²) in [4.78, 5) is 28.5. The van der Waals surface area contributed by atoms with Gasteiger partial charge in [0, 0.05) is 13.1 Å². The second kappa shape index (κ2) is 14.4. The standard InChI is InChI=1S/C30H37N3O7S/c1-6-26(30(35)31-7-2)32(20-22-12-14-23(38-3)15-13-22)29(34)21-33(27-10-8-9-11-28(27)40-5)41(36,37)25-18-16-24(39-4)17-19-25/h8-19,26H,6-7,20-21H2,1-5H3,(H,31,35)/t26-/m0/s1. The summed E-state index contributed by atoms with van der Waals surface area (Å²) in [6.45, 7) is 3.51. The number of anilines is 1. The van der Waals surface area contributed by atoms with Crippen LogP contribution in [0.3, 0.4) is 0 Å². The van der Waals surface area contributed by atoms with Crippen molar-refractivity contribution in [2.24, 2.45) is 0 Å². The highest BCUT2D eigenvalue weighted by Crippen LogP contribution is 2.33. The van der Waals surface area contributed by atoms with Crippen LogP contribution in [0, 0.1) is 0 Å². The van der Waals surface area contributed by atoms with Crippen LogP contribution in [0.5, 0.6) is 17.2 Å². The Morgan fingerprint density at radius 2 is 1.41 bits per heavy atom. The Kier molecular flexibility index (Phi) is 11.0. The Balaban J connectivity index is 2.09. The molecule has 220 valence electrons. The largest absolute Gasteiger partial charge is 0.497 e. The second-order valence-corrected chi connectivity index (χ2v) is 10.9. The Morgan fingerprint density at radius 1 is 0.829 bits per heavy atom. The van der Waals surface area contributed by atoms with Crippen molar-refractivity contribution in [3.05, 3.63) is 78.4 Å². The number of likely N-dealkylation sites (N-methyl/N-ethyl adjacent to an activating group) is 1. The van der Waals surface area contributed by atoms with Gasteiger partial charge in [-0.3, -0.25) is 13.9 Å². The number of benzene rings is 3. The highest BCUT2D eigenvalue weighted by Gasteiger charge is 2.34. The number of amides is 2. The molecule has 0 bridgehead atoms. The van der Waals surface area contributed by atoms with E-state index in [0.717, 1.165) is 9.87 Å². The van der Waals surface area contributed by atoms with Crippen LogP contribution in [-0.2, 0) is 26.2 Å². The molecule has 2 amide bonds. The van der Waals surface area contributed by atoms with Crippen molar-refractivity contribution < 1.29 is 32.2 Å². The van der Waals surface area contributed by atoms with Gasteiger partial charge in [-0.05, 0) is 67.4 Å². The minimum absolute atomic E-state index is 0.0329. The van der Waals surface area contributed by atoms with Crippen molar-refractivity contribution in [1.82, 2.24) is 10.2 Å². The lowest BCUT2D eigenvalue weighted by Gasteiger charge is -2.33. The summed E-state index contributed by atoms with van der Waals surface area (Å²) in [5.74, 6) is 0.535. The summed E-state index contributed by atoms with van der Waals surface area (Å²) in [6.07, 6.45) is 0.327. The predicted molar refractivity (Wildman–Crippen MR) is 157 cm³/mol. The molecule has 1 atom stereocenters. The van der Waals surface area contributed by atoms with Gasteiger partial charge < -0.3 is 24.4 Å². The lowest BCUT2D eigenvalue weighted by Crippen LogP contribution is -2.52. The number of sulfonamides is 1. The predicted octanol–water partition coefficient (Wildman–Crippen LogP) is 3.85. The first kappa shape index (κ1) is 31.3. The highest BCUT2D eigenvalue weighted by molar-refractivity contribution is 7.92. The molecule has 0 heterocycles. The van der Waals surface area contributed by atoms with E-state index in [1.54, 1.807) is 69.5 Å². The number of rotatable bonds is 14. The number of nitrogens with zero attached hydrogens (tertiary/aromatic N) is 2. The molecule has 41 heavy (non-hydrogen) atoms. The van der Waals surface area contributed by atoms with Crippen molar-refractivity contribution >= 4 is 27.5 Å². The minimum Gasteiger partial charge on any atom is -0.497 e. The van der Waals surface area contributed by atoms with Gasteiger partial charge in [-0.2, -0.15) is 0 Å². The molecule has 0 aromatic heterocycles. The zero-order valence-corrected chi connectivity index (χ0v) is 24.8. The van der Waals surface area contributed by atoms with Crippen LogP contribution in [0.4, 0.5) is 5.69 Å². The molecule has 0 fully saturated rings. The van der Waals surface area contributed by atoms with Crippen LogP contribution >= 0.6 is 0 Å². The molecule has 0 aliphatic rings. The third-order valence-electron chi connectivity index (χ3n) is 6.53. The maximum Gasteiger partial charge on any atom is 0.264 e. The lowest BCUT2D eigenvalue weighted by molar-refractivity contribution is -0.140. The van der Waals surface area contributed by atoms with Gasteiger partial charge in [-0.1, -0.05) is 31.2 Å². The normalized spacial score (nSPS) is 11.7. The van der Waals surface area contributed by atoms with E-state index >= 15 is 0 Å². The van der Waals surface area contributed by atoms with E-state index in [-0.39, 0.29) is 28.8 Å². The third kappa shape index (κ3) is 7.49. The zero-order chi connectivity index (χ0) is 30.0. The van der Waals surface area contributed by atoms with Crippen molar-refractivity contribution in [1.29, 1.82) is 0 Å². The molecule has 1 N–H and O–H groups in total. The van der Waals surface area contributed by atoms with Crippen molar-refractivity contribution in [2.75, 3.05) is 38.7 Å². The molecule has 0 aliphatic heterocycles. The number of carbonyl (C=O) groups is 2. The molecule has 11 heteroatoms. The molecule has 3 aromatic carbocycles. The lowest BCUT2D eigenvalue weighted by atomic mass is 10.1. The van der Waals surface area contributed by atoms with Crippen molar-refractivity contribution in [3.63, 3.8) is 0 Å². The van der Waals surface area contributed by atoms with Gasteiger partial charge in [0.15, 0.2) is 0 Å². The smallest absolute Gasteiger partial charge is 0.264 e. The number of ether oxygens (including phenoxy) is 3. The molecule has 3 aromatic rings. The van der Waals surface area contributed by atoms with Crippen molar-refractivity contribution in [2.45, 2.75) is 37.8 Å². The fourth-order valence-corrected chi connectivity index (χ4v) is 5.79. The topological polar surface area (TPSA) is 114 Å². The molecule has 10 nitrogen and oxygen atoms in total. The van der Waals surface area contributed by atoms with Crippen LogP contribution in [0.25, 0.3) is 0 Å². The van der Waals surface area contributed by atoms with Crippen molar-refractivity contribution in [3.8, 4) is 17.2 Å². The monoisotopic (exact) mass is 583 g/mol. The first-order valence-corrected chi connectivity index (χ1v) is 14.6. The SMILES string of the molecule is CCNC(=O)[C@H](CC)N(Cc1ccc(OC)cc1)C(=O)CN(c1ccccc1OC)S(=O)(=O)c1ccc(OC)cc1. The van der Waals surface area contributed by atoms with E-state index in [9.17, 15) is 18.0 Å². The van der Waals surface area contributed by atoms with Crippen LogP contribution in [0.1, 0.15) is 25.8 Å². The van der Waals surface area contributed by atoms with Gasteiger partial charge in [0.1, 0.15) is 29.8 Å². The first-order chi connectivity index (χ1) is 19.7. The molecular formula is C30H37N3O7S. The maximum atomic E-state index is 14.1. The average molecular weight is 584 g/mol. The zero-order valence-electron chi connectivity index (χ0n) is 24.0. The minimum atomic E-state index is -4.25. The fourth-order valence-electron chi connectivity index (χ4n) is 4.36. The van der Waals surface area contributed by atoms with Gasteiger partial charge in [-0.25, -0.2) is 8.42 Å². The molecule has 0 spiro atoms. The summed E-state index contributed by atoms with van der Waals surface area (Å²) in [7, 11) is 0.220. The fraction of sp³-hybridized carbons (Fsp3) is 0.333. The number of carbonyl (C=O) groups excluding carboxylic acids is 2. The Hall–Kier alpha value is -4.25. The Labute approximate surface area is 241 Å². The van der Waals surface area contributed by atoms with E-state index < -0.39 is 28.5 Å². The molecule has 0 saturated carbocycles. The van der Waals surface area contributed by atoms with Crippen LogP contribution < -0.4 is 23.8 Å². The molecule has 0 unspecified atom stereocenters. The molecular weight excluding hydrogens is 546 g/mol. The van der Waals surface area contributed by atoms with Gasteiger partial charge in [-0.15, -0.1) is 0 Å². The third-order valence-corrected chi connectivity index (χ3v) is 8.30. The Morgan fingerprint density at radius 3 is 1.95 bits per heavy atom. The van der Waals surface area contributed by atoms with Gasteiger partial charge >= 0.3 is 0 Å². The van der Waals surface area contributed by atoms with E-state index in [4.69, 9.17) is 14.2 Å². The summed E-state index contributed by atoms with van der Waals surface area (Å²) in [5, 5.41) is 2.79. The quantitative estimate of drug-likeness (QED) is 0.307. The number of methoxy groups -OCH3 is 3. The van der Waals surface area contributed by atoms with E-state index in [1.165, 1.54) is 43.4 Å². The summed E-state index contributed by atoms with van der Waals surface area (Å²) < 4.78 is 45.0. The Bertz CT molecular complexity index is 1410. The van der Waals surface area contributed by atoms with E-state index in [1.807, 2.05) is 0 Å². The second-order valence-electron chi connectivity index (χ2n) is 9.05. The van der Waals surface area contributed by atoms with Gasteiger partial charge in [0.05, 0.1) is 31.9 Å². The summed E-state index contributed by atoms with van der Waals surface area (Å²) in [5.41, 5.74) is 0.943. The van der Waals surface area contributed by atoms with Crippen LogP contribution in [0.2, 0.25) is 0 Å². The van der Waals surface area contributed by atoms with Gasteiger partial charge in [0.2, 0.25) is 11.8 Å². The summed E-state index contributed by atoms with van der Waals surface area (Å²) in [6, 6.07) is 18.8. The van der Waals surface area contributed by atoms with E-state index in [0.29, 0.717) is 24.5 Å². The number of hydrogen-bond acceptors (Lipinski definition) is 7. The maximum absolute atomic E-state index is 14.1. The molecule has 0 saturated heterocycles. The number of nitrogens with one attached hydrogen (secondary N) is 1. The average Bonchev–Trinajstić information content (AvgIpc) is 3.00. The van der Waals surface area contributed by atoms with Crippen LogP contribution in [-0.4, -0.2) is 65.6 Å². The van der Waals surface area contributed by atoms with Gasteiger partial charge in [0.25, 0.3) is 10.0 Å². The molecule has 0 aliphatic carbocycles. The van der Waals surface area contributed by atoms with Crippen LogP contribution in [0.15, 0.2) is 77.7 Å². The summed E-state index contributed by atoms with van der Waals surface area (Å²) >= 11 is 0. The number of para-hydroxylation sites is 2. The van der Waals surface area contributed by atoms with E-state index in [2.05, 4.69) is 5.32 Å². The highest BCUT2D eigenvalue weighted by atomic mass is 32.2.